The van der Waals surface area contributed by atoms with Gasteiger partial charge in [0.2, 0.25) is 5.91 Å². The molecule has 1 saturated carbocycles. The van der Waals surface area contributed by atoms with Gasteiger partial charge in [0.15, 0.2) is 0 Å². The summed E-state index contributed by atoms with van der Waals surface area (Å²) < 4.78 is 39.4. The molecule has 0 saturated heterocycles. The van der Waals surface area contributed by atoms with Crippen molar-refractivity contribution in [2.75, 3.05) is 19.0 Å². The Bertz CT molecular complexity index is 784. The maximum atomic E-state index is 13.1. The highest BCUT2D eigenvalue weighted by molar-refractivity contribution is 5.83. The smallest absolute Gasteiger partial charge is 0.378 e. The van der Waals surface area contributed by atoms with Crippen LogP contribution in [0.2, 0.25) is 0 Å². The summed E-state index contributed by atoms with van der Waals surface area (Å²) in [6.07, 6.45) is -3.94. The van der Waals surface area contributed by atoms with Crippen molar-refractivity contribution in [3.05, 3.63) is 65.2 Å². The fourth-order valence-corrected chi connectivity index (χ4v) is 3.14. The Kier molecular flexibility index (Phi) is 4.94. The molecule has 1 aliphatic carbocycles. The van der Waals surface area contributed by atoms with E-state index in [0.29, 0.717) is 13.0 Å². The van der Waals surface area contributed by atoms with E-state index in [9.17, 15) is 18.0 Å². The SMILES string of the molecule is CN(C)c1ccc(CNC(=O)C2CC2c2ccccc2C(F)(F)F)cc1. The number of amides is 1. The molecule has 1 N–H and O–H groups in total. The van der Waals surface area contributed by atoms with E-state index in [1.807, 2.05) is 43.3 Å². The highest BCUT2D eigenvalue weighted by atomic mass is 19.4. The predicted molar refractivity (Wildman–Crippen MR) is 94.9 cm³/mol. The first-order chi connectivity index (χ1) is 12.3. The van der Waals surface area contributed by atoms with Crippen molar-refractivity contribution in [3.63, 3.8) is 0 Å². The average Bonchev–Trinajstić information content (AvgIpc) is 3.40. The molecular weight excluding hydrogens is 341 g/mol. The summed E-state index contributed by atoms with van der Waals surface area (Å²) in [4.78, 5) is 14.3. The molecule has 2 aromatic rings. The number of rotatable bonds is 5. The van der Waals surface area contributed by atoms with E-state index in [1.54, 1.807) is 6.07 Å². The lowest BCUT2D eigenvalue weighted by molar-refractivity contribution is -0.138. The van der Waals surface area contributed by atoms with Gasteiger partial charge in [0, 0.05) is 32.2 Å². The van der Waals surface area contributed by atoms with E-state index in [2.05, 4.69) is 5.32 Å². The van der Waals surface area contributed by atoms with Crippen LogP contribution in [0.5, 0.6) is 0 Å². The Balaban J connectivity index is 1.60. The van der Waals surface area contributed by atoms with Gasteiger partial charge in [0.1, 0.15) is 0 Å². The number of halogens is 3. The quantitative estimate of drug-likeness (QED) is 0.865. The topological polar surface area (TPSA) is 32.3 Å². The van der Waals surface area contributed by atoms with Crippen LogP contribution in [0.3, 0.4) is 0 Å². The number of anilines is 1. The van der Waals surface area contributed by atoms with Crippen LogP contribution in [-0.2, 0) is 17.5 Å². The number of hydrogen-bond donors (Lipinski definition) is 1. The molecule has 26 heavy (non-hydrogen) atoms. The highest BCUT2D eigenvalue weighted by Gasteiger charge is 2.47. The van der Waals surface area contributed by atoms with Gasteiger partial charge in [-0.1, -0.05) is 30.3 Å². The molecule has 0 heterocycles. The first-order valence-electron chi connectivity index (χ1n) is 8.47. The van der Waals surface area contributed by atoms with Gasteiger partial charge in [-0.3, -0.25) is 4.79 Å². The Labute approximate surface area is 150 Å². The third kappa shape index (κ3) is 4.00. The van der Waals surface area contributed by atoms with Gasteiger partial charge >= 0.3 is 6.18 Å². The summed E-state index contributed by atoms with van der Waals surface area (Å²) in [5, 5.41) is 2.83. The first-order valence-corrected chi connectivity index (χ1v) is 8.47. The van der Waals surface area contributed by atoms with E-state index >= 15 is 0 Å². The first kappa shape index (κ1) is 18.3. The number of hydrogen-bond acceptors (Lipinski definition) is 2. The van der Waals surface area contributed by atoms with Crippen molar-refractivity contribution >= 4 is 11.6 Å². The lowest BCUT2D eigenvalue weighted by Crippen LogP contribution is -2.25. The van der Waals surface area contributed by atoms with Gasteiger partial charge < -0.3 is 10.2 Å². The number of carbonyl (C=O) groups excluding carboxylic acids is 1. The molecular formula is C20H21F3N2O. The summed E-state index contributed by atoms with van der Waals surface area (Å²) >= 11 is 0. The summed E-state index contributed by atoms with van der Waals surface area (Å²) in [6.45, 7) is 0.372. The number of carbonyl (C=O) groups is 1. The van der Waals surface area contributed by atoms with Gasteiger partial charge in [-0.25, -0.2) is 0 Å². The van der Waals surface area contributed by atoms with Crippen molar-refractivity contribution in [2.45, 2.75) is 25.1 Å². The van der Waals surface area contributed by atoms with Gasteiger partial charge in [0.25, 0.3) is 0 Å². The van der Waals surface area contributed by atoms with Crippen molar-refractivity contribution in [2.24, 2.45) is 5.92 Å². The van der Waals surface area contributed by atoms with E-state index in [4.69, 9.17) is 0 Å². The zero-order valence-corrected chi connectivity index (χ0v) is 14.7. The zero-order valence-electron chi connectivity index (χ0n) is 14.7. The summed E-state index contributed by atoms with van der Waals surface area (Å²) in [5.74, 6) is -0.938. The minimum absolute atomic E-state index is 0.191. The van der Waals surface area contributed by atoms with Crippen LogP contribution in [0, 0.1) is 5.92 Å². The molecule has 3 nitrogen and oxygen atoms in total. The molecule has 2 atom stereocenters. The number of alkyl halides is 3. The summed E-state index contributed by atoms with van der Waals surface area (Å²) in [6, 6.07) is 13.3. The zero-order chi connectivity index (χ0) is 18.9. The maximum Gasteiger partial charge on any atom is 0.416 e. The van der Waals surface area contributed by atoms with Crippen LogP contribution in [0.25, 0.3) is 0 Å². The lowest BCUT2D eigenvalue weighted by atomic mass is 10.0. The minimum atomic E-state index is -4.39. The molecule has 3 rings (SSSR count). The maximum absolute atomic E-state index is 13.1. The molecule has 0 aliphatic heterocycles. The summed E-state index contributed by atoms with van der Waals surface area (Å²) in [5.41, 5.74) is 1.60. The molecule has 1 fully saturated rings. The average molecular weight is 362 g/mol. The largest absolute Gasteiger partial charge is 0.416 e. The molecule has 0 spiro atoms. The van der Waals surface area contributed by atoms with Crippen LogP contribution in [0.1, 0.15) is 29.0 Å². The predicted octanol–water partition coefficient (Wildman–Crippen LogP) is 4.19. The Morgan fingerprint density at radius 3 is 2.38 bits per heavy atom. The van der Waals surface area contributed by atoms with Gasteiger partial charge in [-0.15, -0.1) is 0 Å². The van der Waals surface area contributed by atoms with E-state index in [-0.39, 0.29) is 23.3 Å². The fourth-order valence-electron chi connectivity index (χ4n) is 3.14. The normalized spacial score (nSPS) is 19.1. The molecule has 6 heteroatoms. The Morgan fingerprint density at radius 2 is 1.77 bits per heavy atom. The molecule has 0 aromatic heterocycles. The molecule has 2 aromatic carbocycles. The van der Waals surface area contributed by atoms with Crippen LogP contribution < -0.4 is 10.2 Å². The standard InChI is InChI=1S/C20H21F3N2O/c1-25(2)14-9-7-13(8-10-14)12-24-19(26)17-11-16(17)15-5-3-4-6-18(15)20(21,22)23/h3-10,16-17H,11-12H2,1-2H3,(H,24,26). The van der Waals surface area contributed by atoms with E-state index in [1.165, 1.54) is 12.1 Å². The van der Waals surface area contributed by atoms with Gasteiger partial charge in [0.05, 0.1) is 5.56 Å². The third-order valence-corrected chi connectivity index (χ3v) is 4.71. The molecule has 1 aliphatic rings. The second-order valence-corrected chi connectivity index (χ2v) is 6.81. The second-order valence-electron chi connectivity index (χ2n) is 6.81. The second kappa shape index (κ2) is 7.02. The summed E-state index contributed by atoms with van der Waals surface area (Å²) in [7, 11) is 3.89. The highest BCUT2D eigenvalue weighted by Crippen LogP contribution is 2.51. The minimum Gasteiger partial charge on any atom is -0.378 e. The fraction of sp³-hybridized carbons (Fsp3) is 0.350. The van der Waals surface area contributed by atoms with Crippen LogP contribution in [0.4, 0.5) is 18.9 Å². The number of benzene rings is 2. The molecule has 2 unspecified atom stereocenters. The van der Waals surface area contributed by atoms with Crippen molar-refractivity contribution in [1.82, 2.24) is 5.32 Å². The monoisotopic (exact) mass is 362 g/mol. The molecule has 1 amide bonds. The van der Waals surface area contributed by atoms with Gasteiger partial charge in [-0.2, -0.15) is 13.2 Å². The lowest BCUT2D eigenvalue weighted by Gasteiger charge is -2.13. The number of nitrogens with one attached hydrogen (secondary N) is 1. The van der Waals surface area contributed by atoms with E-state index in [0.717, 1.165) is 17.3 Å². The van der Waals surface area contributed by atoms with Crippen molar-refractivity contribution < 1.29 is 18.0 Å². The van der Waals surface area contributed by atoms with Crippen LogP contribution in [-0.4, -0.2) is 20.0 Å². The molecule has 0 radical (unpaired) electrons. The Morgan fingerprint density at radius 1 is 1.12 bits per heavy atom. The number of nitrogens with zero attached hydrogens (tertiary/aromatic N) is 1. The van der Waals surface area contributed by atoms with Crippen molar-refractivity contribution in [1.29, 1.82) is 0 Å². The van der Waals surface area contributed by atoms with Crippen LogP contribution >= 0.6 is 0 Å². The Hall–Kier alpha value is -2.50. The van der Waals surface area contributed by atoms with E-state index < -0.39 is 11.7 Å². The van der Waals surface area contributed by atoms with Crippen LogP contribution in [0.15, 0.2) is 48.5 Å². The molecule has 138 valence electrons. The van der Waals surface area contributed by atoms with Crippen molar-refractivity contribution in [3.8, 4) is 0 Å². The molecule has 0 bridgehead atoms. The third-order valence-electron chi connectivity index (χ3n) is 4.71. The van der Waals surface area contributed by atoms with Gasteiger partial charge in [-0.05, 0) is 41.7 Å².